The van der Waals surface area contributed by atoms with Gasteiger partial charge in [0.2, 0.25) is 0 Å². The number of rotatable bonds is 5. The third-order valence-electron chi connectivity index (χ3n) is 4.83. The van der Waals surface area contributed by atoms with Crippen LogP contribution in [0.5, 0.6) is 0 Å². The molecule has 4 rings (SSSR count). The molecule has 1 aromatic carbocycles. The van der Waals surface area contributed by atoms with Crippen molar-refractivity contribution in [3.05, 3.63) is 59.2 Å². The maximum absolute atomic E-state index is 5.98. The zero-order valence-electron chi connectivity index (χ0n) is 14.2. The van der Waals surface area contributed by atoms with Crippen LogP contribution in [-0.4, -0.2) is 32.9 Å². The molecule has 0 bridgehead atoms. The third-order valence-corrected chi connectivity index (χ3v) is 5.08. The van der Waals surface area contributed by atoms with Crippen molar-refractivity contribution in [1.29, 1.82) is 0 Å². The summed E-state index contributed by atoms with van der Waals surface area (Å²) in [7, 11) is 1.97. The summed E-state index contributed by atoms with van der Waals surface area (Å²) in [6.07, 6.45) is 8.11. The van der Waals surface area contributed by atoms with Crippen LogP contribution in [0, 0.1) is 5.92 Å². The van der Waals surface area contributed by atoms with Crippen LogP contribution in [0.15, 0.2) is 47.4 Å². The second-order valence-electron chi connectivity index (χ2n) is 6.80. The second-order valence-corrected chi connectivity index (χ2v) is 7.23. The molecule has 5 nitrogen and oxygen atoms in total. The Morgan fingerprint density at radius 1 is 1.28 bits per heavy atom. The van der Waals surface area contributed by atoms with Crippen LogP contribution >= 0.6 is 11.6 Å². The molecule has 2 aromatic heterocycles. The molecule has 1 aliphatic rings. The van der Waals surface area contributed by atoms with E-state index in [0.29, 0.717) is 5.92 Å². The molecule has 1 unspecified atom stereocenters. The maximum Gasteiger partial charge on any atom is 0.131 e. The van der Waals surface area contributed by atoms with Crippen molar-refractivity contribution in [2.75, 3.05) is 13.1 Å². The van der Waals surface area contributed by atoms with E-state index in [-0.39, 0.29) is 0 Å². The number of hydrogen-bond donors (Lipinski definition) is 0. The fourth-order valence-electron chi connectivity index (χ4n) is 3.58. The number of likely N-dealkylation sites (tertiary alicyclic amines) is 1. The highest BCUT2D eigenvalue weighted by molar-refractivity contribution is 6.30. The Bertz CT molecular complexity index is 839. The van der Waals surface area contributed by atoms with E-state index in [0.717, 1.165) is 47.9 Å². The van der Waals surface area contributed by atoms with Crippen molar-refractivity contribution in [2.24, 2.45) is 13.0 Å². The Labute approximate surface area is 152 Å². The average Bonchev–Trinajstić information content (AvgIpc) is 3.32. The Kier molecular flexibility index (Phi) is 4.59. The van der Waals surface area contributed by atoms with Crippen molar-refractivity contribution >= 4 is 11.6 Å². The summed E-state index contributed by atoms with van der Waals surface area (Å²) in [5.74, 6) is 0.676. The van der Waals surface area contributed by atoms with E-state index in [9.17, 15) is 0 Å². The van der Waals surface area contributed by atoms with E-state index in [1.165, 1.54) is 12.0 Å². The quantitative estimate of drug-likeness (QED) is 0.697. The molecule has 1 saturated heterocycles. The average molecular weight is 357 g/mol. The molecular formula is C19H21ClN4O. The third kappa shape index (κ3) is 3.78. The highest BCUT2D eigenvalue weighted by Gasteiger charge is 2.25. The van der Waals surface area contributed by atoms with Gasteiger partial charge in [0.15, 0.2) is 0 Å². The minimum absolute atomic E-state index is 0.676. The lowest BCUT2D eigenvalue weighted by molar-refractivity contribution is 0.302. The topological polar surface area (TPSA) is 47.1 Å². The van der Waals surface area contributed by atoms with E-state index in [2.05, 4.69) is 21.4 Å². The van der Waals surface area contributed by atoms with Crippen molar-refractivity contribution in [3.8, 4) is 11.1 Å². The van der Waals surface area contributed by atoms with E-state index in [1.54, 1.807) is 6.26 Å². The van der Waals surface area contributed by atoms with Crippen molar-refractivity contribution in [3.63, 3.8) is 0 Å². The molecule has 0 amide bonds. The molecule has 1 aliphatic heterocycles. The van der Waals surface area contributed by atoms with Crippen LogP contribution in [0.1, 0.15) is 17.7 Å². The van der Waals surface area contributed by atoms with Crippen molar-refractivity contribution in [2.45, 2.75) is 19.4 Å². The minimum atomic E-state index is 0.676. The van der Waals surface area contributed by atoms with E-state index >= 15 is 0 Å². The lowest BCUT2D eigenvalue weighted by Gasteiger charge is -2.15. The van der Waals surface area contributed by atoms with E-state index in [1.807, 2.05) is 42.2 Å². The number of benzene rings is 1. The number of hydrogen-bond acceptors (Lipinski definition) is 4. The smallest absolute Gasteiger partial charge is 0.131 e. The Hall–Kier alpha value is -2.11. The minimum Gasteiger partial charge on any atom is -0.364 e. The lowest BCUT2D eigenvalue weighted by Crippen LogP contribution is -2.21. The summed E-state index contributed by atoms with van der Waals surface area (Å²) < 4.78 is 7.12. The summed E-state index contributed by atoms with van der Waals surface area (Å²) in [5, 5.41) is 9.22. The van der Waals surface area contributed by atoms with Gasteiger partial charge in [-0.2, -0.15) is 5.10 Å². The predicted octanol–water partition coefficient (Wildman–Crippen LogP) is 3.79. The number of halogens is 1. The first kappa shape index (κ1) is 16.4. The van der Waals surface area contributed by atoms with Gasteiger partial charge in [0.05, 0.1) is 6.20 Å². The monoisotopic (exact) mass is 356 g/mol. The van der Waals surface area contributed by atoms with Crippen LogP contribution < -0.4 is 0 Å². The zero-order valence-corrected chi connectivity index (χ0v) is 15.0. The van der Waals surface area contributed by atoms with Gasteiger partial charge in [0.25, 0.3) is 0 Å². The number of aromatic nitrogens is 3. The van der Waals surface area contributed by atoms with Crippen LogP contribution in [0.25, 0.3) is 11.1 Å². The SMILES string of the molecule is Cn1cc(CC2CCN(Cc3nocc3-c3ccc(Cl)cc3)C2)cn1. The van der Waals surface area contributed by atoms with Gasteiger partial charge < -0.3 is 4.52 Å². The first-order chi connectivity index (χ1) is 12.2. The molecular weight excluding hydrogens is 336 g/mol. The first-order valence-electron chi connectivity index (χ1n) is 8.56. The number of aryl methyl sites for hydroxylation is 1. The van der Waals surface area contributed by atoms with Gasteiger partial charge in [-0.05, 0) is 48.6 Å². The summed E-state index contributed by atoms with van der Waals surface area (Å²) in [6, 6.07) is 7.81. The van der Waals surface area contributed by atoms with Gasteiger partial charge >= 0.3 is 0 Å². The molecule has 0 aliphatic carbocycles. The molecule has 0 N–H and O–H groups in total. The fraction of sp³-hybridized carbons (Fsp3) is 0.368. The highest BCUT2D eigenvalue weighted by Crippen LogP contribution is 2.28. The van der Waals surface area contributed by atoms with Gasteiger partial charge in [0, 0.05) is 36.9 Å². The van der Waals surface area contributed by atoms with E-state index in [4.69, 9.17) is 16.1 Å². The molecule has 0 radical (unpaired) electrons. The molecule has 6 heteroatoms. The Morgan fingerprint density at radius 2 is 2.12 bits per heavy atom. The molecule has 25 heavy (non-hydrogen) atoms. The Balaban J connectivity index is 1.40. The Morgan fingerprint density at radius 3 is 2.88 bits per heavy atom. The van der Waals surface area contributed by atoms with Crippen molar-refractivity contribution < 1.29 is 4.52 Å². The van der Waals surface area contributed by atoms with Gasteiger partial charge in [-0.25, -0.2) is 0 Å². The molecule has 0 saturated carbocycles. The van der Waals surface area contributed by atoms with Gasteiger partial charge in [-0.3, -0.25) is 9.58 Å². The highest BCUT2D eigenvalue weighted by atomic mass is 35.5. The largest absolute Gasteiger partial charge is 0.364 e. The van der Waals surface area contributed by atoms with Gasteiger partial charge in [-0.1, -0.05) is 28.9 Å². The maximum atomic E-state index is 5.98. The van der Waals surface area contributed by atoms with Crippen LogP contribution in [0.2, 0.25) is 5.02 Å². The summed E-state index contributed by atoms with van der Waals surface area (Å²) in [5.41, 5.74) is 4.45. The normalized spacial score (nSPS) is 18.1. The van der Waals surface area contributed by atoms with Crippen LogP contribution in [0.4, 0.5) is 0 Å². The summed E-state index contributed by atoms with van der Waals surface area (Å²) in [6.45, 7) is 3.00. The number of nitrogens with zero attached hydrogens (tertiary/aromatic N) is 4. The second kappa shape index (κ2) is 7.02. The summed E-state index contributed by atoms with van der Waals surface area (Å²) in [4.78, 5) is 2.46. The van der Waals surface area contributed by atoms with Crippen LogP contribution in [0.3, 0.4) is 0 Å². The molecule has 1 atom stereocenters. The fourth-order valence-corrected chi connectivity index (χ4v) is 3.71. The predicted molar refractivity (Wildman–Crippen MR) is 97.2 cm³/mol. The van der Waals surface area contributed by atoms with E-state index < -0.39 is 0 Å². The zero-order chi connectivity index (χ0) is 17.2. The standard InChI is InChI=1S/C19H21ClN4O/c1-23-10-15(9-21-23)8-14-6-7-24(11-14)12-19-18(13-25-22-19)16-2-4-17(20)5-3-16/h2-5,9-10,13-14H,6-8,11-12H2,1H3. The van der Waals surface area contributed by atoms with Gasteiger partial charge in [-0.15, -0.1) is 0 Å². The van der Waals surface area contributed by atoms with Crippen LogP contribution in [-0.2, 0) is 20.0 Å². The molecule has 1 fully saturated rings. The molecule has 3 aromatic rings. The molecule has 130 valence electrons. The van der Waals surface area contributed by atoms with Gasteiger partial charge in [0.1, 0.15) is 12.0 Å². The van der Waals surface area contributed by atoms with Crippen molar-refractivity contribution in [1.82, 2.24) is 19.8 Å². The lowest BCUT2D eigenvalue weighted by atomic mass is 10.0. The first-order valence-corrected chi connectivity index (χ1v) is 8.94. The molecule has 3 heterocycles. The summed E-state index contributed by atoms with van der Waals surface area (Å²) >= 11 is 5.98. The molecule has 0 spiro atoms.